The Labute approximate surface area is 126 Å². The zero-order valence-electron chi connectivity index (χ0n) is 11.4. The average molecular weight is 336 g/mol. The number of carbonyl (C=O) groups is 1. The summed E-state index contributed by atoms with van der Waals surface area (Å²) >= 11 is 3.41. The minimum Gasteiger partial charge on any atom is -0.337 e. The maximum absolute atomic E-state index is 13.2. The minimum atomic E-state index is -0.295. The number of halogens is 2. The van der Waals surface area contributed by atoms with E-state index in [4.69, 9.17) is 0 Å². The van der Waals surface area contributed by atoms with Crippen molar-refractivity contribution in [3.05, 3.63) is 69.4 Å². The Balaban J connectivity index is 2.14. The molecule has 0 spiro atoms. The molecular formula is C16H15BrFNO. The van der Waals surface area contributed by atoms with Crippen molar-refractivity contribution in [3.63, 3.8) is 0 Å². The van der Waals surface area contributed by atoms with Crippen LogP contribution in [-0.4, -0.2) is 17.9 Å². The van der Waals surface area contributed by atoms with Gasteiger partial charge < -0.3 is 4.90 Å². The molecule has 0 unspecified atom stereocenters. The lowest BCUT2D eigenvalue weighted by Crippen LogP contribution is -2.26. The Morgan fingerprint density at radius 3 is 2.65 bits per heavy atom. The highest BCUT2D eigenvalue weighted by Crippen LogP contribution is 2.15. The van der Waals surface area contributed by atoms with E-state index in [1.807, 2.05) is 24.3 Å². The van der Waals surface area contributed by atoms with Crippen LogP contribution >= 0.6 is 15.9 Å². The summed E-state index contributed by atoms with van der Waals surface area (Å²) in [5, 5.41) is 0. The van der Waals surface area contributed by atoms with Crippen LogP contribution in [-0.2, 0) is 6.54 Å². The van der Waals surface area contributed by atoms with E-state index >= 15 is 0 Å². The number of hydrogen-bond acceptors (Lipinski definition) is 1. The first-order valence-electron chi connectivity index (χ1n) is 6.23. The Hall–Kier alpha value is -1.68. The zero-order chi connectivity index (χ0) is 14.7. The van der Waals surface area contributed by atoms with E-state index in [0.717, 1.165) is 10.0 Å². The highest BCUT2D eigenvalue weighted by Gasteiger charge is 2.13. The number of hydrogen-bond donors (Lipinski definition) is 0. The standard InChI is InChI=1S/C16H15BrFNO/c1-11-8-13(6-7-15(11)18)16(20)19(2)10-12-4-3-5-14(17)9-12/h3-9H,10H2,1-2H3. The Kier molecular flexibility index (Phi) is 4.55. The van der Waals surface area contributed by atoms with Crippen LogP contribution in [0.4, 0.5) is 4.39 Å². The third kappa shape index (κ3) is 3.45. The number of aryl methyl sites for hydroxylation is 1. The first-order valence-corrected chi connectivity index (χ1v) is 7.03. The van der Waals surface area contributed by atoms with E-state index in [9.17, 15) is 9.18 Å². The molecule has 0 saturated carbocycles. The van der Waals surface area contributed by atoms with Gasteiger partial charge in [-0.25, -0.2) is 4.39 Å². The van der Waals surface area contributed by atoms with Crippen LogP contribution in [0, 0.1) is 12.7 Å². The lowest BCUT2D eigenvalue weighted by atomic mass is 10.1. The molecule has 0 aliphatic carbocycles. The van der Waals surface area contributed by atoms with E-state index in [-0.39, 0.29) is 11.7 Å². The van der Waals surface area contributed by atoms with Gasteiger partial charge >= 0.3 is 0 Å². The fraction of sp³-hybridized carbons (Fsp3) is 0.188. The predicted octanol–water partition coefficient (Wildman–Crippen LogP) is 4.17. The van der Waals surface area contributed by atoms with Crippen LogP contribution in [0.25, 0.3) is 0 Å². The van der Waals surface area contributed by atoms with E-state index in [1.165, 1.54) is 12.1 Å². The molecule has 2 aromatic rings. The molecule has 2 rings (SSSR count). The summed E-state index contributed by atoms with van der Waals surface area (Å²) in [6.45, 7) is 2.16. The van der Waals surface area contributed by atoms with Gasteiger partial charge in [-0.3, -0.25) is 4.79 Å². The molecular weight excluding hydrogens is 321 g/mol. The highest BCUT2D eigenvalue weighted by atomic mass is 79.9. The summed E-state index contributed by atoms with van der Waals surface area (Å²) in [6, 6.07) is 12.2. The molecule has 0 radical (unpaired) electrons. The van der Waals surface area contributed by atoms with Crippen molar-refractivity contribution in [2.24, 2.45) is 0 Å². The van der Waals surface area contributed by atoms with E-state index in [2.05, 4.69) is 15.9 Å². The topological polar surface area (TPSA) is 20.3 Å². The summed E-state index contributed by atoms with van der Waals surface area (Å²) in [7, 11) is 1.74. The molecule has 104 valence electrons. The Morgan fingerprint density at radius 2 is 2.00 bits per heavy atom. The minimum absolute atomic E-state index is 0.118. The molecule has 2 aromatic carbocycles. The average Bonchev–Trinajstić information content (AvgIpc) is 2.41. The maximum Gasteiger partial charge on any atom is 0.253 e. The zero-order valence-corrected chi connectivity index (χ0v) is 12.9. The molecule has 0 aliphatic heterocycles. The molecule has 2 nitrogen and oxygen atoms in total. The Bertz CT molecular complexity index is 642. The molecule has 20 heavy (non-hydrogen) atoms. The van der Waals surface area contributed by atoms with Gasteiger partial charge in [0.1, 0.15) is 5.82 Å². The smallest absolute Gasteiger partial charge is 0.253 e. The number of amides is 1. The number of rotatable bonds is 3. The fourth-order valence-corrected chi connectivity index (χ4v) is 2.43. The maximum atomic E-state index is 13.2. The molecule has 0 heterocycles. The van der Waals surface area contributed by atoms with Crippen molar-refractivity contribution in [2.75, 3.05) is 7.05 Å². The van der Waals surface area contributed by atoms with Crippen LogP contribution in [0.15, 0.2) is 46.9 Å². The van der Waals surface area contributed by atoms with E-state index in [0.29, 0.717) is 17.7 Å². The van der Waals surface area contributed by atoms with Crippen LogP contribution in [0.1, 0.15) is 21.5 Å². The molecule has 1 amide bonds. The number of carbonyl (C=O) groups excluding carboxylic acids is 1. The Morgan fingerprint density at radius 1 is 1.25 bits per heavy atom. The van der Waals surface area contributed by atoms with Crippen LogP contribution in [0.5, 0.6) is 0 Å². The monoisotopic (exact) mass is 335 g/mol. The molecule has 0 N–H and O–H groups in total. The van der Waals surface area contributed by atoms with Gasteiger partial charge in [-0.2, -0.15) is 0 Å². The number of benzene rings is 2. The van der Waals surface area contributed by atoms with Crippen molar-refractivity contribution in [2.45, 2.75) is 13.5 Å². The van der Waals surface area contributed by atoms with Gasteiger partial charge in [0.25, 0.3) is 5.91 Å². The van der Waals surface area contributed by atoms with Crippen LogP contribution in [0.2, 0.25) is 0 Å². The van der Waals surface area contributed by atoms with Crippen molar-refractivity contribution in [3.8, 4) is 0 Å². The molecule has 0 saturated heterocycles. The first-order chi connectivity index (χ1) is 9.47. The van der Waals surface area contributed by atoms with Crippen LogP contribution < -0.4 is 0 Å². The summed E-state index contributed by atoms with van der Waals surface area (Å²) in [5.74, 6) is -0.413. The lowest BCUT2D eigenvalue weighted by Gasteiger charge is -2.18. The van der Waals surface area contributed by atoms with Gasteiger partial charge in [-0.15, -0.1) is 0 Å². The summed E-state index contributed by atoms with van der Waals surface area (Å²) < 4.78 is 14.2. The predicted molar refractivity (Wildman–Crippen MR) is 81.1 cm³/mol. The third-order valence-electron chi connectivity index (χ3n) is 3.06. The van der Waals surface area contributed by atoms with Gasteiger partial charge in [0.05, 0.1) is 0 Å². The summed E-state index contributed by atoms with van der Waals surface area (Å²) in [5.41, 5.74) is 2.02. The first kappa shape index (κ1) is 14.7. The number of nitrogens with zero attached hydrogens (tertiary/aromatic N) is 1. The van der Waals surface area contributed by atoms with Gasteiger partial charge in [0, 0.05) is 23.6 Å². The van der Waals surface area contributed by atoms with E-state index < -0.39 is 0 Å². The van der Waals surface area contributed by atoms with Gasteiger partial charge in [0.15, 0.2) is 0 Å². The molecule has 0 fully saturated rings. The SMILES string of the molecule is Cc1cc(C(=O)N(C)Cc2cccc(Br)c2)ccc1F. The second-order valence-corrected chi connectivity index (χ2v) is 5.67. The second kappa shape index (κ2) is 6.18. The molecule has 0 aliphatic rings. The summed E-state index contributed by atoms with van der Waals surface area (Å²) in [4.78, 5) is 13.9. The van der Waals surface area contributed by atoms with Crippen molar-refractivity contribution >= 4 is 21.8 Å². The lowest BCUT2D eigenvalue weighted by molar-refractivity contribution is 0.0785. The molecule has 0 atom stereocenters. The summed E-state index contributed by atoms with van der Waals surface area (Å²) in [6.07, 6.45) is 0. The van der Waals surface area contributed by atoms with Gasteiger partial charge in [0.2, 0.25) is 0 Å². The normalized spacial score (nSPS) is 10.4. The molecule has 0 aromatic heterocycles. The molecule has 4 heteroatoms. The highest BCUT2D eigenvalue weighted by molar-refractivity contribution is 9.10. The van der Waals surface area contributed by atoms with Gasteiger partial charge in [-0.1, -0.05) is 28.1 Å². The van der Waals surface area contributed by atoms with Gasteiger partial charge in [-0.05, 0) is 48.4 Å². The van der Waals surface area contributed by atoms with Crippen LogP contribution in [0.3, 0.4) is 0 Å². The second-order valence-electron chi connectivity index (χ2n) is 4.76. The molecule has 0 bridgehead atoms. The van der Waals surface area contributed by atoms with Crippen molar-refractivity contribution < 1.29 is 9.18 Å². The quantitative estimate of drug-likeness (QED) is 0.824. The van der Waals surface area contributed by atoms with Crippen molar-refractivity contribution in [1.29, 1.82) is 0 Å². The third-order valence-corrected chi connectivity index (χ3v) is 3.55. The largest absolute Gasteiger partial charge is 0.337 e. The fourth-order valence-electron chi connectivity index (χ4n) is 1.98. The van der Waals surface area contributed by atoms with E-state index in [1.54, 1.807) is 24.9 Å². The van der Waals surface area contributed by atoms with Crippen molar-refractivity contribution in [1.82, 2.24) is 4.90 Å².